The number of hydrogen-bond acceptors (Lipinski definition) is 5. The van der Waals surface area contributed by atoms with Gasteiger partial charge in [0.25, 0.3) is 5.91 Å². The number of ether oxygens (including phenoxy) is 2. The molecule has 6 heteroatoms. The maximum absolute atomic E-state index is 11.5. The highest BCUT2D eigenvalue weighted by Crippen LogP contribution is 2.30. The predicted molar refractivity (Wildman–Crippen MR) is 71.0 cm³/mol. The van der Waals surface area contributed by atoms with Crippen LogP contribution in [0.15, 0.2) is 23.1 Å². The van der Waals surface area contributed by atoms with Crippen LogP contribution in [0.1, 0.15) is 5.56 Å². The van der Waals surface area contributed by atoms with Gasteiger partial charge in [-0.3, -0.25) is 10.2 Å². The summed E-state index contributed by atoms with van der Waals surface area (Å²) < 4.78 is 10.4. The molecule has 18 heavy (non-hydrogen) atoms. The minimum absolute atomic E-state index is 0.133. The molecule has 0 aliphatic carbocycles. The van der Waals surface area contributed by atoms with Crippen LogP contribution in [0.2, 0.25) is 0 Å². The van der Waals surface area contributed by atoms with Crippen LogP contribution in [0.3, 0.4) is 0 Å². The van der Waals surface area contributed by atoms with Gasteiger partial charge in [-0.25, -0.2) is 0 Å². The summed E-state index contributed by atoms with van der Waals surface area (Å²) in [5.41, 5.74) is 0.740. The average molecular weight is 264 g/mol. The van der Waals surface area contributed by atoms with E-state index < -0.39 is 0 Å². The topological polar surface area (TPSA) is 71.4 Å². The fraction of sp³-hybridized carbons (Fsp3) is 0.167. The quantitative estimate of drug-likeness (QED) is 0.817. The lowest BCUT2D eigenvalue weighted by atomic mass is 10.1. The molecule has 1 aromatic carbocycles. The Morgan fingerprint density at radius 1 is 1.33 bits per heavy atom. The van der Waals surface area contributed by atoms with Crippen molar-refractivity contribution >= 4 is 28.9 Å². The Labute approximate surface area is 109 Å². The lowest BCUT2D eigenvalue weighted by Gasteiger charge is -2.07. The lowest BCUT2D eigenvalue weighted by molar-refractivity contribution is -0.115. The van der Waals surface area contributed by atoms with Gasteiger partial charge in [-0.2, -0.15) is 0 Å². The smallest absolute Gasteiger partial charge is 0.264 e. The van der Waals surface area contributed by atoms with Crippen LogP contribution in [-0.2, 0) is 4.79 Å². The second-order valence-corrected chi connectivity index (χ2v) is 4.55. The molecule has 0 spiro atoms. The third-order valence-corrected chi connectivity index (χ3v) is 3.22. The van der Waals surface area contributed by atoms with Crippen molar-refractivity contribution in [2.24, 2.45) is 0 Å². The summed E-state index contributed by atoms with van der Waals surface area (Å²) in [5, 5.41) is 9.94. The molecule has 2 N–H and O–H groups in total. The maximum atomic E-state index is 11.5. The average Bonchev–Trinajstić information content (AvgIpc) is 2.67. The van der Waals surface area contributed by atoms with Crippen molar-refractivity contribution in [1.29, 1.82) is 5.41 Å². The second kappa shape index (κ2) is 5.14. The van der Waals surface area contributed by atoms with Crippen LogP contribution in [-0.4, -0.2) is 25.3 Å². The molecule has 1 aliphatic heterocycles. The van der Waals surface area contributed by atoms with Gasteiger partial charge >= 0.3 is 0 Å². The van der Waals surface area contributed by atoms with Gasteiger partial charge in [0.1, 0.15) is 11.5 Å². The molecule has 1 amide bonds. The Morgan fingerprint density at radius 3 is 2.67 bits per heavy atom. The van der Waals surface area contributed by atoms with Crippen LogP contribution in [0, 0.1) is 5.41 Å². The van der Waals surface area contributed by atoms with E-state index in [9.17, 15) is 4.79 Å². The van der Waals surface area contributed by atoms with Crippen LogP contribution in [0.5, 0.6) is 11.5 Å². The van der Waals surface area contributed by atoms with Crippen molar-refractivity contribution < 1.29 is 14.3 Å². The molecule has 0 bridgehead atoms. The molecule has 94 valence electrons. The molecule has 0 atom stereocenters. The first kappa shape index (κ1) is 12.5. The van der Waals surface area contributed by atoms with Crippen LogP contribution in [0.25, 0.3) is 6.08 Å². The molecular weight excluding hydrogens is 252 g/mol. The lowest BCUT2D eigenvalue weighted by Crippen LogP contribution is -2.18. The maximum Gasteiger partial charge on any atom is 0.264 e. The Kier molecular flexibility index (Phi) is 3.57. The van der Waals surface area contributed by atoms with Gasteiger partial charge in [0.15, 0.2) is 5.17 Å². The number of methoxy groups -OCH3 is 2. The number of nitrogens with one attached hydrogen (secondary N) is 2. The van der Waals surface area contributed by atoms with E-state index in [2.05, 4.69) is 5.32 Å². The van der Waals surface area contributed by atoms with E-state index in [0.717, 1.165) is 17.3 Å². The zero-order valence-electron chi connectivity index (χ0n) is 9.94. The summed E-state index contributed by atoms with van der Waals surface area (Å²) >= 11 is 1.09. The minimum atomic E-state index is -0.269. The zero-order chi connectivity index (χ0) is 13.1. The first-order chi connectivity index (χ1) is 8.63. The van der Waals surface area contributed by atoms with Crippen molar-refractivity contribution in [2.75, 3.05) is 14.2 Å². The molecule has 0 aromatic heterocycles. The summed E-state index contributed by atoms with van der Waals surface area (Å²) in [6.45, 7) is 0. The molecule has 1 aromatic rings. The van der Waals surface area contributed by atoms with Gasteiger partial charge in [-0.15, -0.1) is 0 Å². The van der Waals surface area contributed by atoms with E-state index in [1.165, 1.54) is 0 Å². The third kappa shape index (κ3) is 2.48. The molecule has 1 saturated heterocycles. The fourth-order valence-electron chi connectivity index (χ4n) is 1.53. The minimum Gasteiger partial charge on any atom is -0.497 e. The molecular formula is C12H12N2O3S. The summed E-state index contributed by atoms with van der Waals surface area (Å²) in [4.78, 5) is 12.0. The molecule has 5 nitrogen and oxygen atoms in total. The van der Waals surface area contributed by atoms with Crippen molar-refractivity contribution in [1.82, 2.24) is 5.32 Å². The largest absolute Gasteiger partial charge is 0.497 e. The molecule has 2 rings (SSSR count). The number of amides is 1. The van der Waals surface area contributed by atoms with Gasteiger partial charge in [-0.1, -0.05) is 0 Å². The number of thioether (sulfide) groups is 1. The molecule has 1 fully saturated rings. The van der Waals surface area contributed by atoms with E-state index in [1.807, 2.05) is 0 Å². The molecule has 0 radical (unpaired) electrons. The second-order valence-electron chi connectivity index (χ2n) is 3.50. The highest BCUT2D eigenvalue weighted by atomic mass is 32.2. The van der Waals surface area contributed by atoms with Gasteiger partial charge in [0.2, 0.25) is 0 Å². The Hall–Kier alpha value is -1.95. The number of benzene rings is 1. The van der Waals surface area contributed by atoms with Crippen molar-refractivity contribution in [2.45, 2.75) is 0 Å². The number of carbonyl (C=O) groups excluding carboxylic acids is 1. The zero-order valence-corrected chi connectivity index (χ0v) is 10.8. The normalized spacial score (nSPS) is 16.9. The van der Waals surface area contributed by atoms with E-state index in [4.69, 9.17) is 14.9 Å². The predicted octanol–water partition coefficient (Wildman–Crippen LogP) is 1.84. The van der Waals surface area contributed by atoms with Crippen LogP contribution < -0.4 is 14.8 Å². The number of amidine groups is 1. The first-order valence-corrected chi connectivity index (χ1v) is 5.97. The van der Waals surface area contributed by atoms with Crippen molar-refractivity contribution in [3.63, 3.8) is 0 Å². The summed E-state index contributed by atoms with van der Waals surface area (Å²) in [5.74, 6) is 1.06. The SMILES string of the molecule is COc1ccc(OC)c(/C=C2/SC(=N)NC2=O)c1. The van der Waals surface area contributed by atoms with E-state index in [-0.39, 0.29) is 11.1 Å². The monoisotopic (exact) mass is 264 g/mol. The summed E-state index contributed by atoms with van der Waals surface area (Å²) in [6, 6.07) is 5.33. The third-order valence-electron chi connectivity index (χ3n) is 2.39. The molecule has 1 heterocycles. The number of rotatable bonds is 3. The Balaban J connectivity index is 2.40. The number of carbonyl (C=O) groups is 1. The van der Waals surface area contributed by atoms with Crippen LogP contribution >= 0.6 is 11.8 Å². The summed E-state index contributed by atoms with van der Waals surface area (Å²) in [6.07, 6.45) is 1.68. The summed E-state index contributed by atoms with van der Waals surface area (Å²) in [7, 11) is 3.14. The molecule has 0 saturated carbocycles. The van der Waals surface area contributed by atoms with Crippen molar-refractivity contribution in [3.05, 3.63) is 28.7 Å². The van der Waals surface area contributed by atoms with E-state index in [1.54, 1.807) is 38.5 Å². The molecule has 0 unspecified atom stereocenters. The van der Waals surface area contributed by atoms with E-state index in [0.29, 0.717) is 16.4 Å². The van der Waals surface area contributed by atoms with Gasteiger partial charge < -0.3 is 14.8 Å². The fourth-order valence-corrected chi connectivity index (χ4v) is 2.23. The van der Waals surface area contributed by atoms with E-state index >= 15 is 0 Å². The van der Waals surface area contributed by atoms with Crippen LogP contribution in [0.4, 0.5) is 0 Å². The standard InChI is InChI=1S/C12H12N2O3S/c1-16-8-3-4-9(17-2)7(5-8)6-10-11(15)14-12(13)18-10/h3-6H,1-2H3,(H2,13,14,15)/b10-6+. The van der Waals surface area contributed by atoms with Gasteiger partial charge in [0, 0.05) is 5.56 Å². The van der Waals surface area contributed by atoms with Gasteiger partial charge in [0.05, 0.1) is 19.1 Å². The first-order valence-electron chi connectivity index (χ1n) is 5.15. The Morgan fingerprint density at radius 2 is 2.11 bits per heavy atom. The van der Waals surface area contributed by atoms with Gasteiger partial charge in [-0.05, 0) is 36.0 Å². The Bertz CT molecular complexity index is 540. The molecule has 1 aliphatic rings. The highest BCUT2D eigenvalue weighted by molar-refractivity contribution is 8.18. The van der Waals surface area contributed by atoms with Crippen molar-refractivity contribution in [3.8, 4) is 11.5 Å². The highest BCUT2D eigenvalue weighted by Gasteiger charge is 2.22. The number of hydrogen-bond donors (Lipinski definition) is 2.